The molecule has 0 unspecified atom stereocenters. The van der Waals surface area contributed by atoms with Crippen LogP contribution in [-0.4, -0.2) is 19.1 Å². The molecule has 80 valence electrons. The van der Waals surface area contributed by atoms with Crippen LogP contribution in [0.25, 0.3) is 0 Å². The molecule has 1 aliphatic heterocycles. The van der Waals surface area contributed by atoms with E-state index in [9.17, 15) is 4.79 Å². The third-order valence-electron chi connectivity index (χ3n) is 2.19. The standard InChI is InChI=1S/C10H12N2O3/c11-15-4-3-7-1-2-8-9(5-7)14-6-10(13)12-8/h1-2,5H,3-4,6,11H2,(H,12,13). The van der Waals surface area contributed by atoms with Crippen LogP contribution in [0.3, 0.4) is 0 Å². The molecule has 5 heteroatoms. The number of hydrogen-bond donors (Lipinski definition) is 2. The molecule has 0 bridgehead atoms. The van der Waals surface area contributed by atoms with Gasteiger partial charge in [0.1, 0.15) is 5.75 Å². The molecular formula is C10H12N2O3. The quantitative estimate of drug-likeness (QED) is 0.707. The Balaban J connectivity index is 2.15. The number of anilines is 1. The Morgan fingerprint density at radius 3 is 3.20 bits per heavy atom. The van der Waals surface area contributed by atoms with Gasteiger partial charge in [0, 0.05) is 0 Å². The van der Waals surface area contributed by atoms with E-state index >= 15 is 0 Å². The van der Waals surface area contributed by atoms with Gasteiger partial charge in [0.15, 0.2) is 6.61 Å². The molecule has 0 aromatic heterocycles. The van der Waals surface area contributed by atoms with E-state index in [4.69, 9.17) is 10.6 Å². The predicted octanol–water partition coefficient (Wildman–Crippen LogP) is 0.450. The van der Waals surface area contributed by atoms with E-state index in [1.54, 1.807) is 0 Å². The predicted molar refractivity (Wildman–Crippen MR) is 54.4 cm³/mol. The van der Waals surface area contributed by atoms with Crippen LogP contribution >= 0.6 is 0 Å². The van der Waals surface area contributed by atoms with Crippen LogP contribution in [0.1, 0.15) is 5.56 Å². The highest BCUT2D eigenvalue weighted by atomic mass is 16.6. The lowest BCUT2D eigenvalue weighted by atomic mass is 10.1. The zero-order chi connectivity index (χ0) is 10.7. The Bertz CT molecular complexity index is 379. The monoisotopic (exact) mass is 208 g/mol. The minimum absolute atomic E-state index is 0.0733. The molecular weight excluding hydrogens is 196 g/mol. The minimum atomic E-state index is -0.124. The van der Waals surface area contributed by atoms with Crippen molar-refractivity contribution in [2.75, 3.05) is 18.5 Å². The molecule has 0 spiro atoms. The number of nitrogens with two attached hydrogens (primary N) is 1. The summed E-state index contributed by atoms with van der Waals surface area (Å²) in [5, 5.41) is 2.72. The zero-order valence-corrected chi connectivity index (χ0v) is 8.16. The molecule has 1 heterocycles. The van der Waals surface area contributed by atoms with Gasteiger partial charge >= 0.3 is 0 Å². The van der Waals surface area contributed by atoms with Gasteiger partial charge in [-0.1, -0.05) is 6.07 Å². The average Bonchev–Trinajstić information content (AvgIpc) is 2.26. The summed E-state index contributed by atoms with van der Waals surface area (Å²) >= 11 is 0. The average molecular weight is 208 g/mol. The van der Waals surface area contributed by atoms with Crippen LogP contribution in [0, 0.1) is 0 Å². The summed E-state index contributed by atoms with van der Waals surface area (Å²) in [5.41, 5.74) is 1.78. The topological polar surface area (TPSA) is 73.6 Å². The summed E-state index contributed by atoms with van der Waals surface area (Å²) in [6.07, 6.45) is 0.723. The van der Waals surface area contributed by atoms with Crippen LogP contribution in [-0.2, 0) is 16.1 Å². The third-order valence-corrected chi connectivity index (χ3v) is 2.19. The number of ether oxygens (including phenoxy) is 1. The van der Waals surface area contributed by atoms with Gasteiger partial charge in [-0.2, -0.15) is 0 Å². The van der Waals surface area contributed by atoms with Gasteiger partial charge in [-0.05, 0) is 24.1 Å². The first kappa shape index (κ1) is 9.95. The van der Waals surface area contributed by atoms with Gasteiger partial charge in [0.25, 0.3) is 5.91 Å². The first-order valence-electron chi connectivity index (χ1n) is 4.67. The van der Waals surface area contributed by atoms with E-state index < -0.39 is 0 Å². The van der Waals surface area contributed by atoms with E-state index in [-0.39, 0.29) is 12.5 Å². The van der Waals surface area contributed by atoms with E-state index in [0.717, 1.165) is 12.0 Å². The molecule has 1 amide bonds. The van der Waals surface area contributed by atoms with Crippen molar-refractivity contribution < 1.29 is 14.4 Å². The van der Waals surface area contributed by atoms with Crippen molar-refractivity contribution >= 4 is 11.6 Å². The Morgan fingerprint density at radius 2 is 2.40 bits per heavy atom. The van der Waals surface area contributed by atoms with Crippen molar-refractivity contribution in [1.29, 1.82) is 0 Å². The second kappa shape index (κ2) is 4.29. The first-order valence-corrected chi connectivity index (χ1v) is 4.67. The summed E-state index contributed by atoms with van der Waals surface area (Å²) in [7, 11) is 0. The molecule has 0 fully saturated rings. The van der Waals surface area contributed by atoms with Gasteiger partial charge in [0.05, 0.1) is 12.3 Å². The smallest absolute Gasteiger partial charge is 0.262 e. The van der Waals surface area contributed by atoms with Crippen molar-refractivity contribution in [3.05, 3.63) is 23.8 Å². The second-order valence-corrected chi connectivity index (χ2v) is 3.29. The van der Waals surface area contributed by atoms with Gasteiger partial charge < -0.3 is 14.9 Å². The number of fused-ring (bicyclic) bond motifs is 1. The van der Waals surface area contributed by atoms with Gasteiger partial charge in [0.2, 0.25) is 0 Å². The maximum absolute atomic E-state index is 11.0. The highest BCUT2D eigenvalue weighted by molar-refractivity contribution is 5.95. The lowest BCUT2D eigenvalue weighted by Crippen LogP contribution is -2.25. The van der Waals surface area contributed by atoms with Gasteiger partial charge in [-0.15, -0.1) is 0 Å². The fraction of sp³-hybridized carbons (Fsp3) is 0.300. The normalized spacial score (nSPS) is 14.1. The highest BCUT2D eigenvalue weighted by Gasteiger charge is 2.15. The fourth-order valence-corrected chi connectivity index (χ4v) is 1.45. The highest BCUT2D eigenvalue weighted by Crippen LogP contribution is 2.28. The Labute approximate surface area is 87.1 Å². The van der Waals surface area contributed by atoms with E-state index in [0.29, 0.717) is 18.0 Å². The van der Waals surface area contributed by atoms with Crippen molar-refractivity contribution in [2.45, 2.75) is 6.42 Å². The van der Waals surface area contributed by atoms with E-state index in [1.165, 1.54) is 0 Å². The maximum atomic E-state index is 11.0. The van der Waals surface area contributed by atoms with Crippen LogP contribution < -0.4 is 16.0 Å². The molecule has 0 saturated heterocycles. The second-order valence-electron chi connectivity index (χ2n) is 3.29. The van der Waals surface area contributed by atoms with Gasteiger partial charge in [-0.3, -0.25) is 4.79 Å². The third kappa shape index (κ3) is 2.26. The number of benzene rings is 1. The molecule has 0 atom stereocenters. The molecule has 0 saturated carbocycles. The molecule has 2 rings (SSSR count). The summed E-state index contributed by atoms with van der Waals surface area (Å²) < 4.78 is 5.27. The minimum Gasteiger partial charge on any atom is -0.482 e. The van der Waals surface area contributed by atoms with Crippen molar-refractivity contribution in [3.8, 4) is 5.75 Å². The molecule has 0 radical (unpaired) electrons. The Kier molecular flexibility index (Phi) is 2.84. The number of carbonyl (C=O) groups is 1. The maximum Gasteiger partial charge on any atom is 0.262 e. The molecule has 5 nitrogen and oxygen atoms in total. The lowest BCUT2D eigenvalue weighted by molar-refractivity contribution is -0.118. The summed E-state index contributed by atoms with van der Waals surface area (Å²) in [6.45, 7) is 0.537. The molecule has 15 heavy (non-hydrogen) atoms. The van der Waals surface area contributed by atoms with Crippen molar-refractivity contribution in [2.24, 2.45) is 5.90 Å². The fourth-order valence-electron chi connectivity index (χ4n) is 1.45. The summed E-state index contributed by atoms with van der Waals surface area (Å²) in [4.78, 5) is 15.5. The van der Waals surface area contributed by atoms with Gasteiger partial charge in [-0.25, -0.2) is 5.90 Å². The van der Waals surface area contributed by atoms with Crippen LogP contribution in [0.2, 0.25) is 0 Å². The molecule has 1 aliphatic rings. The molecule has 0 aliphatic carbocycles. The SMILES string of the molecule is NOCCc1ccc2c(c1)OCC(=O)N2. The van der Waals surface area contributed by atoms with Crippen molar-refractivity contribution in [3.63, 3.8) is 0 Å². The van der Waals surface area contributed by atoms with Crippen LogP contribution in [0.15, 0.2) is 18.2 Å². The largest absolute Gasteiger partial charge is 0.482 e. The number of hydrogen-bond acceptors (Lipinski definition) is 4. The van der Waals surface area contributed by atoms with E-state index in [2.05, 4.69) is 10.2 Å². The van der Waals surface area contributed by atoms with Crippen LogP contribution in [0.4, 0.5) is 5.69 Å². The molecule has 1 aromatic carbocycles. The number of nitrogens with one attached hydrogen (secondary N) is 1. The molecule has 3 N–H and O–H groups in total. The lowest BCUT2D eigenvalue weighted by Gasteiger charge is -2.18. The zero-order valence-electron chi connectivity index (χ0n) is 8.16. The Morgan fingerprint density at radius 1 is 1.53 bits per heavy atom. The number of rotatable bonds is 3. The number of amides is 1. The molecule has 1 aromatic rings. The number of carbonyl (C=O) groups excluding carboxylic acids is 1. The van der Waals surface area contributed by atoms with Crippen LogP contribution in [0.5, 0.6) is 5.75 Å². The van der Waals surface area contributed by atoms with Crippen molar-refractivity contribution in [1.82, 2.24) is 0 Å². The van der Waals surface area contributed by atoms with E-state index in [1.807, 2.05) is 18.2 Å². The Hall–Kier alpha value is -1.59. The summed E-state index contributed by atoms with van der Waals surface area (Å²) in [5.74, 6) is 5.52. The summed E-state index contributed by atoms with van der Waals surface area (Å²) in [6, 6.07) is 5.61. The first-order chi connectivity index (χ1) is 7.29.